The third-order valence-corrected chi connectivity index (χ3v) is 7.07. The summed E-state index contributed by atoms with van der Waals surface area (Å²) in [5.74, 6) is 1.65. The van der Waals surface area contributed by atoms with Crippen molar-refractivity contribution in [3.05, 3.63) is 150 Å². The molecular weight excluding hydrogens is 615 g/mol. The van der Waals surface area contributed by atoms with Gasteiger partial charge in [-0.3, -0.25) is 19.6 Å². The molecule has 0 aliphatic carbocycles. The molecule has 0 atom stereocenters. The molecule has 0 fully saturated rings. The molecule has 0 radical (unpaired) electrons. The van der Waals surface area contributed by atoms with E-state index >= 15 is 0 Å². The highest BCUT2D eigenvalue weighted by Gasteiger charge is 2.09. The van der Waals surface area contributed by atoms with Gasteiger partial charge in [-0.05, 0) is 83.9 Å². The highest BCUT2D eigenvalue weighted by Crippen LogP contribution is 2.25. The summed E-state index contributed by atoms with van der Waals surface area (Å²) in [6.07, 6.45) is 0.685. The summed E-state index contributed by atoms with van der Waals surface area (Å²) in [6.45, 7) is 0. The standard InChI is InChI=1S/C32H24Cl2N8O3/c33-21-5-1-19(2-6-21)17-27-29(43)37-31(41-39-27)35-23-9-13-25(14-10-23)45-26-15-11-24(12-16-26)36-32-38-30(44)28(40-42-32)18-20-3-7-22(34)8-4-20/h1-16H,17-18H2,(H2,35,37,41,43)(H2,36,38,42,44). The fourth-order valence-corrected chi connectivity index (χ4v) is 4.53. The zero-order valence-corrected chi connectivity index (χ0v) is 24.9. The Labute approximate surface area is 266 Å². The van der Waals surface area contributed by atoms with Crippen LogP contribution in [0.15, 0.2) is 107 Å². The SMILES string of the molecule is O=c1[nH]c(Nc2ccc(Oc3ccc(Nc4nnc(Cc5ccc(Cl)cc5)c(=O)[nH]4)cc3)cc2)nnc1Cc1ccc(Cl)cc1. The van der Waals surface area contributed by atoms with Crippen LogP contribution in [-0.4, -0.2) is 30.4 Å². The number of H-pyrrole nitrogens is 2. The number of benzene rings is 4. The van der Waals surface area contributed by atoms with E-state index < -0.39 is 0 Å². The fourth-order valence-electron chi connectivity index (χ4n) is 4.28. The van der Waals surface area contributed by atoms with Crippen LogP contribution in [0, 0.1) is 0 Å². The van der Waals surface area contributed by atoms with Gasteiger partial charge < -0.3 is 15.4 Å². The van der Waals surface area contributed by atoms with Gasteiger partial charge in [0.15, 0.2) is 0 Å². The molecule has 13 heteroatoms. The van der Waals surface area contributed by atoms with Crippen molar-refractivity contribution in [2.75, 3.05) is 10.6 Å². The van der Waals surface area contributed by atoms with Crippen LogP contribution in [0.2, 0.25) is 10.0 Å². The molecule has 6 rings (SSSR count). The van der Waals surface area contributed by atoms with Crippen LogP contribution in [0.25, 0.3) is 0 Å². The molecular formula is C32H24Cl2N8O3. The first kappa shape index (κ1) is 29.5. The van der Waals surface area contributed by atoms with E-state index in [0.29, 0.717) is 57.1 Å². The summed E-state index contributed by atoms with van der Waals surface area (Å²) < 4.78 is 5.94. The molecule has 0 spiro atoms. The maximum absolute atomic E-state index is 12.5. The second kappa shape index (κ2) is 13.4. The minimum atomic E-state index is -0.329. The van der Waals surface area contributed by atoms with Gasteiger partial charge in [0.2, 0.25) is 11.9 Å². The molecule has 224 valence electrons. The molecule has 0 aliphatic rings. The van der Waals surface area contributed by atoms with Gasteiger partial charge in [0, 0.05) is 34.3 Å². The Bertz CT molecular complexity index is 1880. The zero-order valence-electron chi connectivity index (χ0n) is 23.4. The molecule has 0 aliphatic heterocycles. The van der Waals surface area contributed by atoms with Gasteiger partial charge in [-0.15, -0.1) is 20.4 Å². The molecule has 0 saturated carbocycles. The van der Waals surface area contributed by atoms with Crippen molar-refractivity contribution in [2.24, 2.45) is 0 Å². The van der Waals surface area contributed by atoms with Crippen molar-refractivity contribution >= 4 is 46.5 Å². The molecule has 4 N–H and O–H groups in total. The Morgan fingerprint density at radius 3 is 1.27 bits per heavy atom. The predicted molar refractivity (Wildman–Crippen MR) is 173 cm³/mol. The first-order chi connectivity index (χ1) is 21.9. The third kappa shape index (κ3) is 7.91. The quantitative estimate of drug-likeness (QED) is 0.133. The Hall–Kier alpha value is -5.52. The molecule has 0 amide bonds. The van der Waals surface area contributed by atoms with Gasteiger partial charge in [-0.1, -0.05) is 47.5 Å². The van der Waals surface area contributed by atoms with E-state index in [-0.39, 0.29) is 23.0 Å². The lowest BCUT2D eigenvalue weighted by atomic mass is 10.1. The van der Waals surface area contributed by atoms with E-state index in [0.717, 1.165) is 11.1 Å². The van der Waals surface area contributed by atoms with Crippen LogP contribution < -0.4 is 26.5 Å². The lowest BCUT2D eigenvalue weighted by Gasteiger charge is -2.10. The summed E-state index contributed by atoms with van der Waals surface area (Å²) in [4.78, 5) is 30.4. The third-order valence-electron chi connectivity index (χ3n) is 6.57. The summed E-state index contributed by atoms with van der Waals surface area (Å²) in [5.41, 5.74) is 3.13. The lowest BCUT2D eigenvalue weighted by molar-refractivity contribution is 0.483. The van der Waals surface area contributed by atoms with Crippen molar-refractivity contribution in [1.82, 2.24) is 30.4 Å². The molecule has 4 aromatic carbocycles. The molecule has 6 aromatic rings. The Kier molecular flexibility index (Phi) is 8.81. The number of aromatic amines is 2. The predicted octanol–water partition coefficient (Wildman–Crippen LogP) is 6.41. The number of ether oxygens (including phenoxy) is 1. The van der Waals surface area contributed by atoms with Crippen molar-refractivity contribution < 1.29 is 4.74 Å². The Morgan fingerprint density at radius 2 is 0.911 bits per heavy atom. The average molecular weight is 640 g/mol. The summed E-state index contributed by atoms with van der Waals surface area (Å²) in [6, 6.07) is 28.7. The number of halogens is 2. The minimum Gasteiger partial charge on any atom is -0.457 e. The van der Waals surface area contributed by atoms with Crippen molar-refractivity contribution in [1.29, 1.82) is 0 Å². The van der Waals surface area contributed by atoms with Crippen LogP contribution in [0.5, 0.6) is 11.5 Å². The largest absolute Gasteiger partial charge is 0.457 e. The number of aromatic nitrogens is 6. The summed E-state index contributed by atoms with van der Waals surface area (Å²) in [7, 11) is 0. The van der Waals surface area contributed by atoms with Crippen LogP contribution in [0.4, 0.5) is 23.3 Å². The van der Waals surface area contributed by atoms with Gasteiger partial charge in [0.1, 0.15) is 22.9 Å². The number of hydrogen-bond acceptors (Lipinski definition) is 9. The van der Waals surface area contributed by atoms with Crippen LogP contribution >= 0.6 is 23.2 Å². The van der Waals surface area contributed by atoms with Crippen molar-refractivity contribution in [2.45, 2.75) is 12.8 Å². The topological polar surface area (TPSA) is 151 Å². The van der Waals surface area contributed by atoms with Gasteiger partial charge in [-0.25, -0.2) is 0 Å². The molecule has 2 heterocycles. The molecule has 0 saturated heterocycles. The van der Waals surface area contributed by atoms with Gasteiger partial charge >= 0.3 is 0 Å². The molecule has 2 aromatic heterocycles. The minimum absolute atomic E-state index is 0.221. The van der Waals surface area contributed by atoms with E-state index in [9.17, 15) is 9.59 Å². The number of nitrogens with one attached hydrogen (secondary N) is 4. The lowest BCUT2D eigenvalue weighted by Crippen LogP contribution is -2.18. The molecule has 0 bridgehead atoms. The smallest absolute Gasteiger partial charge is 0.274 e. The summed E-state index contributed by atoms with van der Waals surface area (Å²) in [5, 5.41) is 23.7. The maximum Gasteiger partial charge on any atom is 0.274 e. The first-order valence-electron chi connectivity index (χ1n) is 13.7. The van der Waals surface area contributed by atoms with Crippen LogP contribution in [-0.2, 0) is 12.8 Å². The van der Waals surface area contributed by atoms with Gasteiger partial charge in [0.05, 0.1) is 0 Å². The average Bonchev–Trinajstić information content (AvgIpc) is 3.04. The highest BCUT2D eigenvalue weighted by atomic mass is 35.5. The van der Waals surface area contributed by atoms with E-state index in [1.807, 2.05) is 24.3 Å². The van der Waals surface area contributed by atoms with Crippen molar-refractivity contribution in [3.8, 4) is 11.5 Å². The fraction of sp³-hybridized carbons (Fsp3) is 0.0625. The number of anilines is 4. The Morgan fingerprint density at radius 1 is 0.533 bits per heavy atom. The second-order valence-electron chi connectivity index (χ2n) is 9.91. The normalized spacial score (nSPS) is 10.8. The monoisotopic (exact) mass is 638 g/mol. The van der Waals surface area contributed by atoms with Crippen molar-refractivity contribution in [3.63, 3.8) is 0 Å². The molecule has 11 nitrogen and oxygen atoms in total. The second-order valence-corrected chi connectivity index (χ2v) is 10.8. The number of nitrogens with zero attached hydrogens (tertiary/aromatic N) is 4. The van der Waals surface area contributed by atoms with E-state index in [1.165, 1.54) is 0 Å². The van der Waals surface area contributed by atoms with Crippen LogP contribution in [0.3, 0.4) is 0 Å². The van der Waals surface area contributed by atoms with Gasteiger partial charge in [0.25, 0.3) is 11.1 Å². The highest BCUT2D eigenvalue weighted by molar-refractivity contribution is 6.30. The van der Waals surface area contributed by atoms with E-state index in [2.05, 4.69) is 41.0 Å². The maximum atomic E-state index is 12.5. The van der Waals surface area contributed by atoms with E-state index in [1.54, 1.807) is 72.8 Å². The Balaban J connectivity index is 1.02. The van der Waals surface area contributed by atoms with E-state index in [4.69, 9.17) is 27.9 Å². The molecule has 45 heavy (non-hydrogen) atoms. The zero-order chi connectivity index (χ0) is 31.2. The number of hydrogen-bond donors (Lipinski definition) is 4. The molecule has 0 unspecified atom stereocenters. The first-order valence-corrected chi connectivity index (χ1v) is 14.4. The van der Waals surface area contributed by atoms with Gasteiger partial charge in [-0.2, -0.15) is 0 Å². The van der Waals surface area contributed by atoms with Crippen LogP contribution in [0.1, 0.15) is 22.5 Å². The summed E-state index contributed by atoms with van der Waals surface area (Å²) >= 11 is 11.8. The number of rotatable bonds is 10.